The van der Waals surface area contributed by atoms with Gasteiger partial charge in [0.2, 0.25) is 0 Å². The fourth-order valence-electron chi connectivity index (χ4n) is 3.09. The smallest absolute Gasteiger partial charge is 0.309 e. The van der Waals surface area contributed by atoms with Crippen molar-refractivity contribution in [2.75, 3.05) is 40.0 Å². The highest BCUT2D eigenvalue weighted by atomic mass is 32.1. The van der Waals surface area contributed by atoms with Crippen LogP contribution in [-0.4, -0.2) is 56.7 Å². The van der Waals surface area contributed by atoms with E-state index in [1.807, 2.05) is 29.6 Å². The zero-order valence-electron chi connectivity index (χ0n) is 15.8. The summed E-state index contributed by atoms with van der Waals surface area (Å²) in [5.74, 6) is -0.515. The van der Waals surface area contributed by atoms with Crippen molar-refractivity contribution in [2.24, 2.45) is 0 Å². The molecule has 8 heteroatoms. The van der Waals surface area contributed by atoms with Crippen LogP contribution in [0.2, 0.25) is 0 Å². The van der Waals surface area contributed by atoms with E-state index in [0.29, 0.717) is 19.8 Å². The summed E-state index contributed by atoms with van der Waals surface area (Å²) in [4.78, 5) is 26.7. The normalized spacial score (nSPS) is 15.6. The van der Waals surface area contributed by atoms with Crippen LogP contribution in [0.1, 0.15) is 17.2 Å². The molecule has 1 atom stereocenters. The third-order valence-electron chi connectivity index (χ3n) is 4.69. The largest absolute Gasteiger partial charge is 0.497 e. The number of hydrogen-bond acceptors (Lipinski definition) is 6. The number of carbonyl (C=O) groups excluding carboxylic acids is 2. The van der Waals surface area contributed by atoms with Gasteiger partial charge in [-0.05, 0) is 40.1 Å². The first-order valence-corrected chi connectivity index (χ1v) is 10.1. The Labute approximate surface area is 168 Å². The van der Waals surface area contributed by atoms with E-state index in [1.54, 1.807) is 18.4 Å². The predicted octanol–water partition coefficient (Wildman–Crippen LogP) is 1.56. The molecule has 2 aromatic rings. The number of rotatable bonds is 7. The molecule has 2 N–H and O–H groups in total. The number of morpholine rings is 1. The van der Waals surface area contributed by atoms with Crippen LogP contribution in [0.15, 0.2) is 41.1 Å². The average Bonchev–Trinajstić information content (AvgIpc) is 3.27. The lowest BCUT2D eigenvalue weighted by Crippen LogP contribution is -2.46. The van der Waals surface area contributed by atoms with Crippen molar-refractivity contribution in [3.8, 4) is 5.75 Å². The van der Waals surface area contributed by atoms with Gasteiger partial charge in [-0.2, -0.15) is 11.3 Å². The molecule has 1 saturated heterocycles. The molecule has 1 aliphatic heterocycles. The first-order chi connectivity index (χ1) is 13.7. The van der Waals surface area contributed by atoms with Crippen molar-refractivity contribution in [3.05, 3.63) is 52.2 Å². The first kappa shape index (κ1) is 20.3. The Bertz CT molecular complexity index is 758. The minimum Gasteiger partial charge on any atom is -0.497 e. The maximum Gasteiger partial charge on any atom is 0.309 e. The molecule has 7 nitrogen and oxygen atoms in total. The minimum absolute atomic E-state index is 0.0356. The summed E-state index contributed by atoms with van der Waals surface area (Å²) in [5.41, 5.74) is 2.04. The highest BCUT2D eigenvalue weighted by molar-refractivity contribution is 7.08. The van der Waals surface area contributed by atoms with E-state index in [4.69, 9.17) is 9.47 Å². The third kappa shape index (κ3) is 5.54. The molecule has 3 rings (SSSR count). The van der Waals surface area contributed by atoms with E-state index in [9.17, 15) is 9.59 Å². The van der Waals surface area contributed by atoms with E-state index in [1.165, 1.54) is 0 Å². The molecule has 0 bridgehead atoms. The summed E-state index contributed by atoms with van der Waals surface area (Å²) in [6, 6.07) is 9.42. The fourth-order valence-corrected chi connectivity index (χ4v) is 3.79. The highest BCUT2D eigenvalue weighted by Gasteiger charge is 2.24. The summed E-state index contributed by atoms with van der Waals surface area (Å²) in [6.45, 7) is 3.63. The highest BCUT2D eigenvalue weighted by Crippen LogP contribution is 2.23. The lowest BCUT2D eigenvalue weighted by molar-refractivity contribution is -0.139. The standard InChI is InChI=1S/C20H25N3O4S/c1-26-17-4-2-15(3-5-17)12-21-19(24)20(25)22-13-18(16-6-11-28-14-16)23-7-9-27-10-8-23/h2-6,11,14,18H,7-10,12-13H2,1H3,(H,21,24)(H,22,25)/t18-/m0/s1. The van der Waals surface area contributed by atoms with Crippen molar-refractivity contribution in [2.45, 2.75) is 12.6 Å². The van der Waals surface area contributed by atoms with Gasteiger partial charge in [0.25, 0.3) is 0 Å². The SMILES string of the molecule is COc1ccc(CNC(=O)C(=O)NC[C@@H](c2ccsc2)N2CCOCC2)cc1. The number of ether oxygens (including phenoxy) is 2. The first-order valence-electron chi connectivity index (χ1n) is 9.20. The molecule has 2 heterocycles. The lowest BCUT2D eigenvalue weighted by atomic mass is 10.1. The van der Waals surface area contributed by atoms with Crippen LogP contribution in [0.25, 0.3) is 0 Å². The molecule has 1 fully saturated rings. The predicted molar refractivity (Wildman–Crippen MR) is 107 cm³/mol. The maximum absolute atomic E-state index is 12.2. The molecule has 1 aliphatic rings. The Balaban J connectivity index is 1.50. The van der Waals surface area contributed by atoms with Crippen LogP contribution in [0.3, 0.4) is 0 Å². The van der Waals surface area contributed by atoms with Crippen LogP contribution in [-0.2, 0) is 20.9 Å². The number of hydrogen-bond donors (Lipinski definition) is 2. The van der Waals surface area contributed by atoms with Crippen molar-refractivity contribution in [1.82, 2.24) is 15.5 Å². The van der Waals surface area contributed by atoms with Gasteiger partial charge in [0.15, 0.2) is 0 Å². The van der Waals surface area contributed by atoms with Crippen LogP contribution in [0.4, 0.5) is 0 Å². The van der Waals surface area contributed by atoms with Crippen LogP contribution < -0.4 is 15.4 Å². The van der Waals surface area contributed by atoms with E-state index in [-0.39, 0.29) is 12.6 Å². The molecular formula is C20H25N3O4S. The second kappa shape index (κ2) is 10.2. The van der Waals surface area contributed by atoms with Crippen LogP contribution in [0, 0.1) is 0 Å². The van der Waals surface area contributed by atoms with Gasteiger partial charge >= 0.3 is 11.8 Å². The summed E-state index contributed by atoms with van der Waals surface area (Å²) >= 11 is 1.62. The third-order valence-corrected chi connectivity index (χ3v) is 5.39. The van der Waals surface area contributed by atoms with Crippen molar-refractivity contribution in [3.63, 3.8) is 0 Å². The Morgan fingerprint density at radius 1 is 1.14 bits per heavy atom. The van der Waals surface area contributed by atoms with Crippen molar-refractivity contribution < 1.29 is 19.1 Å². The molecule has 150 valence electrons. The van der Waals surface area contributed by atoms with Gasteiger partial charge in [0.1, 0.15) is 5.75 Å². The number of benzene rings is 1. The van der Waals surface area contributed by atoms with Crippen LogP contribution in [0.5, 0.6) is 5.75 Å². The maximum atomic E-state index is 12.2. The second-order valence-electron chi connectivity index (χ2n) is 6.46. The van der Waals surface area contributed by atoms with Gasteiger partial charge in [0, 0.05) is 26.2 Å². The minimum atomic E-state index is -0.637. The molecule has 0 radical (unpaired) electrons. The number of nitrogens with one attached hydrogen (secondary N) is 2. The van der Waals surface area contributed by atoms with Crippen molar-refractivity contribution in [1.29, 1.82) is 0 Å². The Hall–Kier alpha value is -2.42. The zero-order chi connectivity index (χ0) is 19.8. The fraction of sp³-hybridized carbons (Fsp3) is 0.400. The molecule has 0 unspecified atom stereocenters. The molecule has 28 heavy (non-hydrogen) atoms. The summed E-state index contributed by atoms with van der Waals surface area (Å²) in [5, 5.41) is 9.52. The summed E-state index contributed by atoms with van der Waals surface area (Å²) in [6.07, 6.45) is 0. The second-order valence-corrected chi connectivity index (χ2v) is 7.24. The van der Waals surface area contributed by atoms with Crippen molar-refractivity contribution >= 4 is 23.2 Å². The van der Waals surface area contributed by atoms with E-state index < -0.39 is 11.8 Å². The van der Waals surface area contributed by atoms with Gasteiger partial charge < -0.3 is 20.1 Å². The summed E-state index contributed by atoms with van der Waals surface area (Å²) < 4.78 is 10.5. The van der Waals surface area contributed by atoms with Gasteiger partial charge in [-0.1, -0.05) is 12.1 Å². The van der Waals surface area contributed by atoms with E-state index >= 15 is 0 Å². The number of thiophene rings is 1. The quantitative estimate of drug-likeness (QED) is 0.686. The van der Waals surface area contributed by atoms with Gasteiger partial charge in [0.05, 0.1) is 26.4 Å². The zero-order valence-corrected chi connectivity index (χ0v) is 16.7. The molecule has 0 saturated carbocycles. The van der Waals surface area contributed by atoms with E-state index in [0.717, 1.165) is 30.0 Å². The van der Waals surface area contributed by atoms with Gasteiger partial charge in [-0.15, -0.1) is 0 Å². The molecule has 0 spiro atoms. The molecule has 0 aliphatic carbocycles. The van der Waals surface area contributed by atoms with Gasteiger partial charge in [-0.3, -0.25) is 14.5 Å². The number of amides is 2. The Kier molecular flexibility index (Phi) is 7.41. The summed E-state index contributed by atoms with van der Waals surface area (Å²) in [7, 11) is 1.60. The lowest BCUT2D eigenvalue weighted by Gasteiger charge is -2.34. The molecular weight excluding hydrogens is 378 g/mol. The number of carbonyl (C=O) groups is 2. The number of nitrogens with zero attached hydrogens (tertiary/aromatic N) is 1. The van der Waals surface area contributed by atoms with E-state index in [2.05, 4.69) is 27.0 Å². The number of methoxy groups -OCH3 is 1. The average molecular weight is 404 g/mol. The molecule has 1 aromatic carbocycles. The Morgan fingerprint density at radius 2 is 1.86 bits per heavy atom. The monoisotopic (exact) mass is 403 g/mol. The molecule has 1 aromatic heterocycles. The Morgan fingerprint density at radius 3 is 2.50 bits per heavy atom. The van der Waals surface area contributed by atoms with Crippen LogP contribution >= 0.6 is 11.3 Å². The topological polar surface area (TPSA) is 79.9 Å². The molecule has 2 amide bonds. The van der Waals surface area contributed by atoms with Gasteiger partial charge in [-0.25, -0.2) is 0 Å².